The number of ether oxygens (including phenoxy) is 1. The van der Waals surface area contributed by atoms with Gasteiger partial charge in [0.2, 0.25) is 0 Å². The Morgan fingerprint density at radius 2 is 2.13 bits per heavy atom. The van der Waals surface area contributed by atoms with Crippen LogP contribution in [0.2, 0.25) is 0 Å². The Bertz CT molecular complexity index is 240. The highest BCUT2D eigenvalue weighted by atomic mass is 32.2. The average molecular weight is 229 g/mol. The molecule has 0 heterocycles. The van der Waals surface area contributed by atoms with Gasteiger partial charge in [-0.1, -0.05) is 6.92 Å². The van der Waals surface area contributed by atoms with Crippen LogP contribution in [-0.2, 0) is 9.53 Å². The molecule has 0 aromatic carbocycles. The monoisotopic (exact) mass is 229 g/mol. The van der Waals surface area contributed by atoms with E-state index in [0.717, 1.165) is 6.42 Å². The van der Waals surface area contributed by atoms with Crippen LogP contribution in [0.25, 0.3) is 0 Å². The first kappa shape index (κ1) is 14.3. The lowest BCUT2D eigenvalue weighted by atomic mass is 10.2. The second kappa shape index (κ2) is 6.73. The highest BCUT2D eigenvalue weighted by Crippen LogP contribution is 2.16. The van der Waals surface area contributed by atoms with E-state index in [4.69, 9.17) is 10.00 Å². The molecule has 4 heteroatoms. The van der Waals surface area contributed by atoms with Crippen LogP contribution in [0.3, 0.4) is 0 Å². The predicted octanol–water partition coefficient (Wildman–Crippen LogP) is 2.75. The topological polar surface area (TPSA) is 50.1 Å². The number of carbonyl (C=O) groups excluding carboxylic acids is 1. The van der Waals surface area contributed by atoms with Gasteiger partial charge in [-0.05, 0) is 27.2 Å². The van der Waals surface area contributed by atoms with Crippen molar-refractivity contribution in [2.24, 2.45) is 0 Å². The van der Waals surface area contributed by atoms with E-state index in [2.05, 4.69) is 6.07 Å². The van der Waals surface area contributed by atoms with E-state index in [1.165, 1.54) is 11.8 Å². The van der Waals surface area contributed by atoms with Crippen LogP contribution in [0.1, 0.15) is 40.5 Å². The first-order valence-corrected chi connectivity index (χ1v) is 6.17. The quantitative estimate of drug-likeness (QED) is 0.680. The molecule has 0 amide bonds. The van der Waals surface area contributed by atoms with Crippen molar-refractivity contribution in [2.45, 2.75) is 51.4 Å². The van der Waals surface area contributed by atoms with Crippen LogP contribution in [0, 0.1) is 11.3 Å². The smallest absolute Gasteiger partial charge is 0.307 e. The highest BCUT2D eigenvalue weighted by Gasteiger charge is 2.16. The summed E-state index contributed by atoms with van der Waals surface area (Å²) in [5, 5.41) is 8.68. The molecule has 0 aliphatic heterocycles. The van der Waals surface area contributed by atoms with Crippen molar-refractivity contribution >= 4 is 17.7 Å². The summed E-state index contributed by atoms with van der Waals surface area (Å²) in [6.45, 7) is 7.51. The third-order valence-corrected chi connectivity index (χ3v) is 2.84. The van der Waals surface area contributed by atoms with Crippen LogP contribution in [0.4, 0.5) is 0 Å². The summed E-state index contributed by atoms with van der Waals surface area (Å²) in [6.07, 6.45) is 1.19. The standard InChI is InChI=1S/C11H19NO2S/c1-5-9(8-12)15-7-6-10(13)14-11(2,3)4/h9H,5-7H2,1-4H3. The van der Waals surface area contributed by atoms with Crippen LogP contribution in [-0.4, -0.2) is 22.6 Å². The molecular formula is C11H19NO2S. The fraction of sp³-hybridized carbons (Fsp3) is 0.818. The van der Waals surface area contributed by atoms with Crippen molar-refractivity contribution < 1.29 is 9.53 Å². The largest absolute Gasteiger partial charge is 0.460 e. The number of hydrogen-bond donors (Lipinski definition) is 0. The third-order valence-electron chi connectivity index (χ3n) is 1.56. The number of rotatable bonds is 5. The van der Waals surface area contributed by atoms with E-state index in [-0.39, 0.29) is 11.2 Å². The molecule has 0 fully saturated rings. The maximum absolute atomic E-state index is 11.3. The van der Waals surface area contributed by atoms with Gasteiger partial charge in [0.15, 0.2) is 0 Å². The highest BCUT2D eigenvalue weighted by molar-refractivity contribution is 8.00. The van der Waals surface area contributed by atoms with Crippen LogP contribution >= 0.6 is 11.8 Å². The maximum atomic E-state index is 11.3. The van der Waals surface area contributed by atoms with E-state index in [1.807, 2.05) is 27.7 Å². The van der Waals surface area contributed by atoms with Gasteiger partial charge in [0.1, 0.15) is 5.60 Å². The zero-order chi connectivity index (χ0) is 11.9. The molecule has 0 radical (unpaired) electrons. The number of esters is 1. The van der Waals surface area contributed by atoms with E-state index < -0.39 is 5.60 Å². The molecule has 86 valence electrons. The summed E-state index contributed by atoms with van der Waals surface area (Å²) in [6, 6.07) is 2.18. The van der Waals surface area contributed by atoms with E-state index in [0.29, 0.717) is 12.2 Å². The Morgan fingerprint density at radius 3 is 2.53 bits per heavy atom. The summed E-state index contributed by atoms with van der Waals surface area (Å²) in [7, 11) is 0. The molecule has 1 atom stereocenters. The normalized spacial score (nSPS) is 13.0. The predicted molar refractivity (Wildman–Crippen MR) is 62.6 cm³/mol. The van der Waals surface area contributed by atoms with E-state index in [1.54, 1.807) is 0 Å². The number of nitriles is 1. The summed E-state index contributed by atoms with van der Waals surface area (Å²) < 4.78 is 5.15. The SMILES string of the molecule is CCC(C#N)SCCC(=O)OC(C)(C)C. The summed E-state index contributed by atoms with van der Waals surface area (Å²) in [5.74, 6) is 0.462. The molecule has 0 saturated carbocycles. The van der Waals surface area contributed by atoms with Crippen molar-refractivity contribution in [3.8, 4) is 6.07 Å². The molecule has 0 aliphatic rings. The molecule has 0 rings (SSSR count). The Morgan fingerprint density at radius 1 is 1.53 bits per heavy atom. The molecule has 0 saturated heterocycles. The van der Waals surface area contributed by atoms with Crippen molar-refractivity contribution in [1.29, 1.82) is 5.26 Å². The zero-order valence-electron chi connectivity index (χ0n) is 9.87. The minimum absolute atomic E-state index is 0.00700. The third kappa shape index (κ3) is 8.31. The second-order valence-electron chi connectivity index (χ2n) is 4.23. The maximum Gasteiger partial charge on any atom is 0.307 e. The number of carbonyl (C=O) groups is 1. The van der Waals surface area contributed by atoms with E-state index >= 15 is 0 Å². The van der Waals surface area contributed by atoms with Crippen LogP contribution in [0.5, 0.6) is 0 Å². The van der Waals surface area contributed by atoms with Crippen molar-refractivity contribution in [2.75, 3.05) is 5.75 Å². The van der Waals surface area contributed by atoms with Gasteiger partial charge in [-0.3, -0.25) is 4.79 Å². The Labute approximate surface area is 96.2 Å². The van der Waals surface area contributed by atoms with Crippen molar-refractivity contribution in [1.82, 2.24) is 0 Å². The first-order valence-electron chi connectivity index (χ1n) is 5.12. The zero-order valence-corrected chi connectivity index (χ0v) is 10.7. The lowest BCUT2D eigenvalue weighted by Crippen LogP contribution is -2.24. The molecule has 1 unspecified atom stereocenters. The summed E-state index contributed by atoms with van der Waals surface area (Å²) in [5.41, 5.74) is -0.416. The van der Waals surface area contributed by atoms with E-state index in [9.17, 15) is 4.79 Å². The minimum atomic E-state index is -0.416. The van der Waals surface area contributed by atoms with Gasteiger partial charge in [-0.25, -0.2) is 0 Å². The van der Waals surface area contributed by atoms with Gasteiger partial charge in [0, 0.05) is 5.75 Å². The molecular weight excluding hydrogens is 210 g/mol. The van der Waals surface area contributed by atoms with Crippen molar-refractivity contribution in [3.05, 3.63) is 0 Å². The molecule has 0 bridgehead atoms. The average Bonchev–Trinajstić information content (AvgIpc) is 2.09. The van der Waals surface area contributed by atoms with Crippen LogP contribution in [0.15, 0.2) is 0 Å². The molecule has 15 heavy (non-hydrogen) atoms. The number of hydrogen-bond acceptors (Lipinski definition) is 4. The van der Waals surface area contributed by atoms with Crippen molar-refractivity contribution in [3.63, 3.8) is 0 Å². The van der Waals surface area contributed by atoms with Gasteiger partial charge in [-0.2, -0.15) is 5.26 Å². The summed E-state index contributed by atoms with van der Waals surface area (Å²) >= 11 is 1.51. The van der Waals surface area contributed by atoms with Gasteiger partial charge in [0.05, 0.1) is 17.7 Å². The fourth-order valence-corrected chi connectivity index (χ4v) is 1.80. The number of nitrogens with zero attached hydrogens (tertiary/aromatic N) is 1. The summed E-state index contributed by atoms with van der Waals surface area (Å²) in [4.78, 5) is 11.3. The molecule has 0 spiro atoms. The van der Waals surface area contributed by atoms with Gasteiger partial charge in [-0.15, -0.1) is 11.8 Å². The second-order valence-corrected chi connectivity index (χ2v) is 5.54. The van der Waals surface area contributed by atoms with Gasteiger partial charge >= 0.3 is 5.97 Å². The number of thioether (sulfide) groups is 1. The first-order chi connectivity index (χ1) is 6.89. The molecule has 3 nitrogen and oxygen atoms in total. The molecule has 0 N–H and O–H groups in total. The Kier molecular flexibility index (Phi) is 6.42. The lowest BCUT2D eigenvalue weighted by Gasteiger charge is -2.19. The Balaban J connectivity index is 3.69. The lowest BCUT2D eigenvalue weighted by molar-refractivity contribution is -0.154. The van der Waals surface area contributed by atoms with Gasteiger partial charge < -0.3 is 4.74 Å². The molecule has 0 aromatic heterocycles. The van der Waals surface area contributed by atoms with Crippen LogP contribution < -0.4 is 0 Å². The molecule has 0 aliphatic carbocycles. The fourth-order valence-electron chi connectivity index (χ4n) is 0.923. The Hall–Kier alpha value is -0.690. The van der Waals surface area contributed by atoms with Gasteiger partial charge in [0.25, 0.3) is 0 Å². The molecule has 0 aromatic rings. The minimum Gasteiger partial charge on any atom is -0.460 e.